The first-order valence-corrected chi connectivity index (χ1v) is 10.8. The van der Waals surface area contributed by atoms with Crippen LogP contribution in [0, 0.1) is 42.4 Å². The van der Waals surface area contributed by atoms with Gasteiger partial charge in [0.25, 0.3) is 0 Å². The first-order valence-electron chi connectivity index (χ1n) is 10.8. The summed E-state index contributed by atoms with van der Waals surface area (Å²) in [5.74, 6) is -1.11. The summed E-state index contributed by atoms with van der Waals surface area (Å²) in [6, 6.07) is 12.6. The van der Waals surface area contributed by atoms with Gasteiger partial charge in [-0.1, -0.05) is 67.5 Å². The number of carbonyl (C=O) groups excluding carboxylic acids is 1. The molecule has 0 saturated heterocycles. The molecule has 0 fully saturated rings. The molecule has 0 spiro atoms. The van der Waals surface area contributed by atoms with E-state index in [4.69, 9.17) is 0 Å². The smallest absolute Gasteiger partial charge is 0.164 e. The average molecular weight is 645 g/mol. The number of rotatable bonds is 2. The van der Waals surface area contributed by atoms with Crippen LogP contribution in [0.2, 0.25) is 0 Å². The van der Waals surface area contributed by atoms with Crippen LogP contribution in [0.1, 0.15) is 52.7 Å². The predicted molar refractivity (Wildman–Crippen MR) is 130 cm³/mol. The van der Waals surface area contributed by atoms with Crippen LogP contribution >= 0.6 is 0 Å². The third-order valence-corrected chi connectivity index (χ3v) is 4.92. The molecule has 1 heterocycles. The molecule has 34 heavy (non-hydrogen) atoms. The van der Waals surface area contributed by atoms with E-state index < -0.39 is 17.0 Å². The minimum absolute atomic E-state index is 0. The molecule has 0 atom stereocenters. The molecular weight excluding hydrogens is 613 g/mol. The van der Waals surface area contributed by atoms with Gasteiger partial charge in [-0.25, -0.2) is 8.78 Å². The van der Waals surface area contributed by atoms with Gasteiger partial charge in [-0.15, -0.1) is 34.9 Å². The van der Waals surface area contributed by atoms with Gasteiger partial charge in [0.2, 0.25) is 0 Å². The number of hydrogen-bond donors (Lipinski definition) is 1. The first kappa shape index (κ1) is 29.6. The van der Waals surface area contributed by atoms with E-state index >= 15 is 0 Å². The number of ketones is 1. The minimum atomic E-state index is -0.621. The molecule has 0 aliphatic carbocycles. The van der Waals surface area contributed by atoms with Crippen LogP contribution in [0.5, 0.6) is 0 Å². The van der Waals surface area contributed by atoms with E-state index in [9.17, 15) is 18.7 Å². The number of fused-ring (bicyclic) bond motifs is 1. The van der Waals surface area contributed by atoms with E-state index in [0.29, 0.717) is 16.6 Å². The third kappa shape index (κ3) is 8.10. The SMILES string of the molecule is CC(C)(C)C(=O)/C=C(\O)C(C)(C)C.Cc1[c-]c(-c2ccc3c(F)cc(F)cc3n2)cc(C)c1.[Ir]. The fourth-order valence-corrected chi connectivity index (χ4v) is 2.90. The molecule has 3 aromatic rings. The Morgan fingerprint density at radius 3 is 2.12 bits per heavy atom. The number of aromatic nitrogens is 1. The molecule has 1 aromatic heterocycles. The summed E-state index contributed by atoms with van der Waals surface area (Å²) >= 11 is 0. The third-order valence-electron chi connectivity index (χ3n) is 4.92. The van der Waals surface area contributed by atoms with Crippen LogP contribution in [0.3, 0.4) is 0 Å². The molecule has 0 aliphatic heterocycles. The summed E-state index contributed by atoms with van der Waals surface area (Å²) in [5.41, 5.74) is 3.15. The van der Waals surface area contributed by atoms with E-state index in [1.165, 1.54) is 12.1 Å². The minimum Gasteiger partial charge on any atom is -0.512 e. The fraction of sp³-hybridized carbons (Fsp3) is 0.357. The van der Waals surface area contributed by atoms with Gasteiger partial charge in [0.15, 0.2) is 5.78 Å². The molecule has 1 N–H and O–H groups in total. The molecule has 3 nitrogen and oxygen atoms in total. The van der Waals surface area contributed by atoms with Crippen LogP contribution in [0.15, 0.2) is 48.2 Å². The number of nitrogens with zero attached hydrogens (tertiary/aromatic N) is 1. The van der Waals surface area contributed by atoms with Gasteiger partial charge in [0, 0.05) is 48.5 Å². The van der Waals surface area contributed by atoms with Gasteiger partial charge in [0.1, 0.15) is 17.4 Å². The monoisotopic (exact) mass is 645 g/mol. The summed E-state index contributed by atoms with van der Waals surface area (Å²) in [6.45, 7) is 15.1. The molecular formula is C28H32F2IrNO2-. The van der Waals surface area contributed by atoms with Gasteiger partial charge in [-0.3, -0.25) is 9.78 Å². The summed E-state index contributed by atoms with van der Waals surface area (Å²) in [6.07, 6.45) is 1.33. The fourth-order valence-electron chi connectivity index (χ4n) is 2.90. The summed E-state index contributed by atoms with van der Waals surface area (Å²) < 4.78 is 26.9. The van der Waals surface area contributed by atoms with Gasteiger partial charge in [0.05, 0.1) is 5.52 Å². The van der Waals surface area contributed by atoms with Gasteiger partial charge < -0.3 is 5.11 Å². The molecule has 0 aliphatic rings. The van der Waals surface area contributed by atoms with Crippen molar-refractivity contribution >= 4 is 16.7 Å². The van der Waals surface area contributed by atoms with Crippen molar-refractivity contribution in [2.24, 2.45) is 10.8 Å². The van der Waals surface area contributed by atoms with Crippen LogP contribution < -0.4 is 0 Å². The number of hydrogen-bond acceptors (Lipinski definition) is 3. The number of aliphatic hydroxyl groups is 1. The van der Waals surface area contributed by atoms with Crippen molar-refractivity contribution in [3.8, 4) is 11.3 Å². The Balaban J connectivity index is 0.000000364. The van der Waals surface area contributed by atoms with E-state index in [1.807, 2.05) is 67.5 Å². The Kier molecular flexibility index (Phi) is 9.86. The maximum absolute atomic E-state index is 13.6. The van der Waals surface area contributed by atoms with Crippen LogP contribution in [-0.4, -0.2) is 15.9 Å². The molecule has 0 bridgehead atoms. The number of benzene rings is 2. The second-order valence-corrected chi connectivity index (χ2v) is 10.3. The number of halogens is 2. The second-order valence-electron chi connectivity index (χ2n) is 10.3. The maximum Gasteiger partial charge on any atom is 0.164 e. The molecule has 1 radical (unpaired) electrons. The molecule has 0 unspecified atom stereocenters. The van der Waals surface area contributed by atoms with Gasteiger partial charge in [-0.2, -0.15) is 0 Å². The molecule has 3 rings (SSSR count). The van der Waals surface area contributed by atoms with E-state index in [2.05, 4.69) is 11.1 Å². The van der Waals surface area contributed by atoms with Gasteiger partial charge >= 0.3 is 0 Å². The number of carbonyl (C=O) groups is 1. The molecule has 185 valence electrons. The zero-order valence-corrected chi connectivity index (χ0v) is 23.3. The Morgan fingerprint density at radius 1 is 0.971 bits per heavy atom. The predicted octanol–water partition coefficient (Wildman–Crippen LogP) is 7.68. The Morgan fingerprint density at radius 2 is 1.59 bits per heavy atom. The van der Waals surface area contributed by atoms with E-state index in [0.717, 1.165) is 22.8 Å². The van der Waals surface area contributed by atoms with E-state index in [1.54, 1.807) is 12.1 Å². The topological polar surface area (TPSA) is 50.2 Å². The molecule has 0 amide bonds. The normalized spacial score (nSPS) is 12.0. The zero-order valence-electron chi connectivity index (χ0n) is 20.9. The van der Waals surface area contributed by atoms with Crippen molar-refractivity contribution in [3.05, 3.63) is 77.1 Å². The van der Waals surface area contributed by atoms with E-state index in [-0.39, 0.29) is 37.1 Å². The van der Waals surface area contributed by atoms with Crippen molar-refractivity contribution in [1.29, 1.82) is 0 Å². The van der Waals surface area contributed by atoms with Crippen molar-refractivity contribution in [2.45, 2.75) is 55.4 Å². The van der Waals surface area contributed by atoms with Crippen LogP contribution in [-0.2, 0) is 24.9 Å². The Labute approximate surface area is 214 Å². The zero-order chi connectivity index (χ0) is 25.1. The van der Waals surface area contributed by atoms with Crippen LogP contribution in [0.4, 0.5) is 8.78 Å². The number of aryl methyl sites for hydroxylation is 2. The van der Waals surface area contributed by atoms with Crippen molar-refractivity contribution in [1.82, 2.24) is 4.98 Å². The maximum atomic E-state index is 13.6. The molecule has 6 heteroatoms. The number of pyridine rings is 1. The molecule has 2 aromatic carbocycles. The summed E-state index contributed by atoms with van der Waals surface area (Å²) in [5, 5.41) is 9.88. The Bertz CT molecular complexity index is 1190. The summed E-state index contributed by atoms with van der Waals surface area (Å²) in [4.78, 5) is 15.8. The van der Waals surface area contributed by atoms with Crippen molar-refractivity contribution in [3.63, 3.8) is 0 Å². The van der Waals surface area contributed by atoms with Crippen LogP contribution in [0.25, 0.3) is 22.2 Å². The summed E-state index contributed by atoms with van der Waals surface area (Å²) in [7, 11) is 0. The van der Waals surface area contributed by atoms with Gasteiger partial charge in [-0.05, 0) is 11.8 Å². The molecule has 0 saturated carbocycles. The number of allylic oxidation sites excluding steroid dienone is 2. The van der Waals surface area contributed by atoms with Crippen molar-refractivity contribution < 1.29 is 38.8 Å². The Hall–Kier alpha value is -2.43. The largest absolute Gasteiger partial charge is 0.512 e. The second kappa shape index (κ2) is 11.3. The van der Waals surface area contributed by atoms with Crippen molar-refractivity contribution in [2.75, 3.05) is 0 Å². The standard InChI is InChI=1S/C17H12F2N.C11H20O2.Ir/c1-10-5-11(2)7-12(6-10)16-4-3-14-15(19)8-13(18)9-17(14)20-16;1-10(2,3)8(12)7-9(13)11(4,5)6;/h3-6,8-9H,1-2H3;7,12H,1-6H3;/q-1;;/b;8-7-;. The number of aliphatic hydroxyl groups excluding tert-OH is 1. The average Bonchev–Trinajstić information content (AvgIpc) is 2.65. The quantitative estimate of drug-likeness (QED) is 0.177. The first-order chi connectivity index (χ1) is 15.1.